The zero-order valence-electron chi connectivity index (χ0n) is 13.8. The van der Waals surface area contributed by atoms with E-state index < -0.39 is 21.1 Å². The molecule has 1 aromatic heterocycles. The van der Waals surface area contributed by atoms with Crippen molar-refractivity contribution in [3.8, 4) is 0 Å². The van der Waals surface area contributed by atoms with Crippen molar-refractivity contribution in [3.05, 3.63) is 69.1 Å². The maximum atomic E-state index is 12.5. The van der Waals surface area contributed by atoms with E-state index in [0.717, 1.165) is 16.7 Å². The molecule has 0 amide bonds. The Morgan fingerprint density at radius 2 is 1.62 bits per heavy atom. The number of hydrogen-bond donors (Lipinski definition) is 1. The summed E-state index contributed by atoms with van der Waals surface area (Å²) in [5, 5.41) is 0. The van der Waals surface area contributed by atoms with Gasteiger partial charge in [-0.05, 0) is 56.2 Å². The summed E-state index contributed by atoms with van der Waals surface area (Å²) < 4.78 is 25.1. The van der Waals surface area contributed by atoms with Gasteiger partial charge in [-0.3, -0.25) is 4.79 Å². The Balaban J connectivity index is 2.06. The van der Waals surface area contributed by atoms with Crippen molar-refractivity contribution < 1.29 is 8.42 Å². The monoisotopic (exact) mass is 342 g/mol. The fraction of sp³-hybridized carbons (Fsp3) is 0.222. The zero-order valence-corrected chi connectivity index (χ0v) is 14.6. The predicted molar refractivity (Wildman–Crippen MR) is 93.9 cm³/mol. The van der Waals surface area contributed by atoms with Crippen LogP contribution in [0.25, 0.3) is 11.0 Å². The molecular weight excluding hydrogens is 324 g/mol. The molecule has 124 valence electrons. The Morgan fingerprint density at radius 1 is 1.00 bits per heavy atom. The van der Waals surface area contributed by atoms with Gasteiger partial charge in [0.1, 0.15) is 11.4 Å². The topological polar surface area (TPSA) is 79.9 Å². The minimum Gasteiger partial charge on any atom is -0.319 e. The van der Waals surface area contributed by atoms with E-state index in [2.05, 4.69) is 9.97 Å². The van der Waals surface area contributed by atoms with Crippen molar-refractivity contribution in [2.24, 2.45) is 0 Å². The van der Waals surface area contributed by atoms with Gasteiger partial charge in [-0.1, -0.05) is 17.7 Å². The van der Waals surface area contributed by atoms with Crippen LogP contribution in [0, 0.1) is 20.8 Å². The van der Waals surface area contributed by atoms with Crippen molar-refractivity contribution in [2.45, 2.75) is 31.4 Å². The predicted octanol–water partition coefficient (Wildman–Crippen LogP) is 2.82. The summed E-state index contributed by atoms with van der Waals surface area (Å²) in [6.07, 6.45) is 0. The zero-order chi connectivity index (χ0) is 17.5. The summed E-state index contributed by atoms with van der Waals surface area (Å²) >= 11 is 0. The average molecular weight is 342 g/mol. The Kier molecular flexibility index (Phi) is 4.01. The van der Waals surface area contributed by atoms with Gasteiger partial charge in [-0.25, -0.2) is 13.4 Å². The van der Waals surface area contributed by atoms with Crippen LogP contribution in [-0.2, 0) is 15.6 Å². The third-order valence-electron chi connectivity index (χ3n) is 4.08. The quantitative estimate of drug-likeness (QED) is 0.794. The third kappa shape index (κ3) is 3.10. The van der Waals surface area contributed by atoms with Crippen LogP contribution in [0.1, 0.15) is 22.4 Å². The van der Waals surface area contributed by atoms with E-state index in [9.17, 15) is 13.2 Å². The second kappa shape index (κ2) is 5.87. The SMILES string of the molecule is Cc1ccc(S(=O)(=O)Cc2nc3cc(C)c(C)cc3[nH]c2=O)cc1. The van der Waals surface area contributed by atoms with Gasteiger partial charge in [-0.2, -0.15) is 0 Å². The Hall–Kier alpha value is -2.47. The summed E-state index contributed by atoms with van der Waals surface area (Å²) in [5.41, 5.74) is 3.79. The Labute approximate surface area is 140 Å². The highest BCUT2D eigenvalue weighted by Crippen LogP contribution is 2.18. The van der Waals surface area contributed by atoms with Crippen LogP contribution in [0.3, 0.4) is 0 Å². The molecule has 0 bridgehead atoms. The smallest absolute Gasteiger partial charge is 0.271 e. The van der Waals surface area contributed by atoms with E-state index >= 15 is 0 Å². The maximum Gasteiger partial charge on any atom is 0.271 e. The number of aromatic nitrogens is 2. The molecule has 0 saturated heterocycles. The van der Waals surface area contributed by atoms with Crippen LogP contribution in [0.2, 0.25) is 0 Å². The van der Waals surface area contributed by atoms with Crippen molar-refractivity contribution in [1.82, 2.24) is 9.97 Å². The highest BCUT2D eigenvalue weighted by Gasteiger charge is 2.19. The number of hydrogen-bond acceptors (Lipinski definition) is 4. The maximum absolute atomic E-state index is 12.5. The molecule has 0 aliphatic carbocycles. The van der Waals surface area contributed by atoms with Crippen LogP contribution in [0.4, 0.5) is 0 Å². The van der Waals surface area contributed by atoms with Crippen LogP contribution < -0.4 is 5.56 Å². The first-order valence-corrected chi connectivity index (χ1v) is 9.21. The number of rotatable bonds is 3. The summed E-state index contributed by atoms with van der Waals surface area (Å²) in [6.45, 7) is 5.78. The highest BCUT2D eigenvalue weighted by molar-refractivity contribution is 7.90. The van der Waals surface area contributed by atoms with Gasteiger partial charge in [0.25, 0.3) is 5.56 Å². The molecule has 0 atom stereocenters. The molecule has 0 radical (unpaired) electrons. The van der Waals surface area contributed by atoms with E-state index in [1.54, 1.807) is 24.3 Å². The van der Waals surface area contributed by atoms with Gasteiger partial charge in [-0.15, -0.1) is 0 Å². The molecule has 2 aromatic carbocycles. The molecule has 0 fully saturated rings. The molecule has 1 heterocycles. The standard InChI is InChI=1S/C18H18N2O3S/c1-11-4-6-14(7-5-11)24(22,23)10-17-18(21)20-16-9-13(3)12(2)8-15(16)19-17/h4-9H,10H2,1-3H3,(H,20,21). The lowest BCUT2D eigenvalue weighted by molar-refractivity contribution is 0.594. The molecule has 0 saturated carbocycles. The Morgan fingerprint density at radius 3 is 2.29 bits per heavy atom. The second-order valence-electron chi connectivity index (χ2n) is 6.04. The number of H-pyrrole nitrogens is 1. The van der Waals surface area contributed by atoms with Crippen molar-refractivity contribution in [3.63, 3.8) is 0 Å². The van der Waals surface area contributed by atoms with E-state index in [-0.39, 0.29) is 10.6 Å². The number of aromatic amines is 1. The number of nitrogens with one attached hydrogen (secondary N) is 1. The van der Waals surface area contributed by atoms with E-state index in [4.69, 9.17) is 0 Å². The number of benzene rings is 2. The molecule has 0 unspecified atom stereocenters. The molecule has 0 aliphatic rings. The van der Waals surface area contributed by atoms with Crippen LogP contribution in [0.5, 0.6) is 0 Å². The molecule has 6 heteroatoms. The van der Waals surface area contributed by atoms with E-state index in [1.807, 2.05) is 32.9 Å². The summed E-state index contributed by atoms with van der Waals surface area (Å²) in [7, 11) is -3.62. The largest absolute Gasteiger partial charge is 0.319 e. The second-order valence-corrected chi connectivity index (χ2v) is 8.03. The van der Waals surface area contributed by atoms with E-state index in [1.165, 1.54) is 0 Å². The minimum absolute atomic E-state index is 0.00586. The fourth-order valence-electron chi connectivity index (χ4n) is 2.49. The van der Waals surface area contributed by atoms with Crippen LogP contribution in [0.15, 0.2) is 46.1 Å². The van der Waals surface area contributed by atoms with Gasteiger partial charge >= 0.3 is 0 Å². The summed E-state index contributed by atoms with van der Waals surface area (Å²) in [6, 6.07) is 10.3. The van der Waals surface area contributed by atoms with Crippen molar-refractivity contribution in [2.75, 3.05) is 0 Å². The van der Waals surface area contributed by atoms with Crippen LogP contribution in [-0.4, -0.2) is 18.4 Å². The number of nitrogens with zero attached hydrogens (tertiary/aromatic N) is 1. The van der Waals surface area contributed by atoms with E-state index in [0.29, 0.717) is 11.0 Å². The summed E-state index contributed by atoms with van der Waals surface area (Å²) in [4.78, 5) is 19.4. The third-order valence-corrected chi connectivity index (χ3v) is 5.73. The fourth-order valence-corrected chi connectivity index (χ4v) is 3.76. The van der Waals surface area contributed by atoms with Gasteiger partial charge in [0, 0.05) is 0 Å². The first-order valence-electron chi connectivity index (χ1n) is 7.56. The first-order chi connectivity index (χ1) is 11.3. The molecule has 1 N–H and O–H groups in total. The van der Waals surface area contributed by atoms with Crippen molar-refractivity contribution in [1.29, 1.82) is 0 Å². The van der Waals surface area contributed by atoms with Crippen LogP contribution >= 0.6 is 0 Å². The molecule has 0 aliphatic heterocycles. The van der Waals surface area contributed by atoms with Gasteiger partial charge in [0.05, 0.1) is 15.9 Å². The first kappa shape index (κ1) is 16.4. The summed E-state index contributed by atoms with van der Waals surface area (Å²) in [5.74, 6) is -0.422. The van der Waals surface area contributed by atoms with Crippen molar-refractivity contribution >= 4 is 20.9 Å². The van der Waals surface area contributed by atoms with Gasteiger partial charge < -0.3 is 4.98 Å². The lowest BCUT2D eigenvalue weighted by Gasteiger charge is -2.07. The average Bonchev–Trinajstić information content (AvgIpc) is 2.50. The normalized spacial score (nSPS) is 11.8. The van der Waals surface area contributed by atoms with Gasteiger partial charge in [0.2, 0.25) is 0 Å². The number of aryl methyl sites for hydroxylation is 3. The van der Waals surface area contributed by atoms with Gasteiger partial charge in [0.15, 0.2) is 9.84 Å². The molecule has 0 spiro atoms. The lowest BCUT2D eigenvalue weighted by atomic mass is 10.1. The lowest BCUT2D eigenvalue weighted by Crippen LogP contribution is -2.19. The molecule has 3 aromatic rings. The minimum atomic E-state index is -3.62. The molecule has 3 rings (SSSR count). The molecule has 5 nitrogen and oxygen atoms in total. The number of sulfone groups is 1. The number of fused-ring (bicyclic) bond motifs is 1. The molecule has 24 heavy (non-hydrogen) atoms. The Bertz CT molecular complexity index is 1080. The highest BCUT2D eigenvalue weighted by atomic mass is 32.2. The molecular formula is C18H18N2O3S.